The molecular weight excluding hydrogens is 1950 g/mol. The third-order valence-electron chi connectivity index (χ3n) is 21.3. The zero-order valence-corrected chi connectivity index (χ0v) is 82.6. The normalized spacial score (nSPS) is 12.4. The molecule has 33 nitrogen and oxygen atoms in total. The molecule has 0 bridgehead atoms. The standard InChI is InChI=1S/C19H18N4O3.C18H16N2O3.C17H13ClN2O2.C14H16N2O3S.2C14H10N2O2S.C14H14N2O2/c24-19(15-3-6-18(20-14-15)22-9-12-25-13-10-22)23-8-7-16(21-23)4-5-17-2-1-11-26-17;1-22-16-7-4-14(5-8-16)13-18(21)20-11-10-15(19-20)6-9-17-3-2-12-23-17;18-14-5-3-13(4-6-14)12-17(21)20-10-9-15(19-20)7-8-16-2-1-11-22-16;1-18-8-9-19-11-14(17)16-7-6-12(15-16)4-5-13-3-2-10-20-13;17-14(13-4-2-10-19-13)16-8-7-11(15-16)5-6-12-3-1-9-18-12;17-14(11-6-9-19-10-11)16-7-5-12(15-16)3-4-13-2-1-8-18-13;17-14(11-3-1-4-11)16-9-8-12(15-16)6-7-13-5-2-10-18-13/h1-8,11,14H,9-10,12-13H2;2-12H,13H2,1H3;1-11H,12H2;2-7,10H,8-9,11H2,1H3;2*1-10H;2,5-11H,1,3-4H2/b5-4+;9-6+;8-7+;5-4+;6-5+;4-3+;7-6+. The average Bonchev–Trinajstić information content (AvgIpc) is 1.83. The Bertz CT molecular complexity index is 7350. The number of ether oxygens (including phenoxy) is 4. The van der Waals surface area contributed by atoms with Gasteiger partial charge >= 0.3 is 0 Å². The summed E-state index contributed by atoms with van der Waals surface area (Å²) >= 11 is 10.4. The Morgan fingerprint density at radius 2 is 0.789 bits per heavy atom. The highest BCUT2D eigenvalue weighted by Gasteiger charge is 2.27. The van der Waals surface area contributed by atoms with Gasteiger partial charge in [-0.15, -0.1) is 22.7 Å². The molecule has 744 valence electrons. The van der Waals surface area contributed by atoms with E-state index in [2.05, 4.69) is 45.6 Å². The highest BCUT2D eigenvalue weighted by molar-refractivity contribution is 7.12. The molecule has 0 radical (unpaired) electrons. The molecule has 21 rings (SSSR count). The van der Waals surface area contributed by atoms with E-state index in [1.807, 2.05) is 198 Å². The van der Waals surface area contributed by atoms with Crippen LogP contribution in [-0.4, -0.2) is 175 Å². The van der Waals surface area contributed by atoms with Gasteiger partial charge in [0.15, 0.2) is 0 Å². The van der Waals surface area contributed by atoms with E-state index in [4.69, 9.17) is 57.1 Å². The van der Waals surface area contributed by atoms with Crippen molar-refractivity contribution >= 4 is 178 Å². The molecule has 2 fully saturated rings. The number of rotatable bonds is 29. The van der Waals surface area contributed by atoms with Gasteiger partial charge in [0.2, 0.25) is 5.91 Å². The Labute approximate surface area is 860 Å². The third-order valence-corrected chi connectivity index (χ3v) is 24.0. The Balaban J connectivity index is 0.000000129. The quantitative estimate of drug-likeness (QED) is 0.0393. The second-order valence-electron chi connectivity index (χ2n) is 31.7. The lowest BCUT2D eigenvalue weighted by atomic mass is 9.85. The van der Waals surface area contributed by atoms with E-state index in [1.54, 1.807) is 228 Å². The van der Waals surface area contributed by atoms with Gasteiger partial charge in [-0.2, -0.15) is 47.0 Å². The zero-order chi connectivity index (χ0) is 102. The summed E-state index contributed by atoms with van der Waals surface area (Å²) < 4.78 is 61.1. The molecule has 147 heavy (non-hydrogen) atoms. The van der Waals surface area contributed by atoms with Gasteiger partial charge < -0.3 is 50.4 Å². The minimum atomic E-state index is -0.219. The molecule has 0 atom stereocenters. The third kappa shape index (κ3) is 32.5. The first-order chi connectivity index (χ1) is 72.0. The van der Waals surface area contributed by atoms with Crippen LogP contribution in [0.25, 0.3) is 85.1 Å². The molecular formula is C110H97ClN16O17S3. The van der Waals surface area contributed by atoms with Gasteiger partial charge in [0.25, 0.3) is 35.4 Å². The van der Waals surface area contributed by atoms with Crippen LogP contribution in [-0.2, 0) is 27.1 Å². The van der Waals surface area contributed by atoms with Crippen LogP contribution in [0.4, 0.5) is 5.82 Å². The van der Waals surface area contributed by atoms with Crippen LogP contribution < -0.4 is 9.64 Å². The number of hydrogen-bond donors (Lipinski definition) is 0. The van der Waals surface area contributed by atoms with Crippen LogP contribution in [0.1, 0.15) is 159 Å². The van der Waals surface area contributed by atoms with Crippen molar-refractivity contribution < 1.29 is 79.0 Å². The first-order valence-electron chi connectivity index (χ1n) is 46.0. The molecule has 1 aliphatic heterocycles. The summed E-state index contributed by atoms with van der Waals surface area (Å²) in [6.07, 6.45) is 52.1. The summed E-state index contributed by atoms with van der Waals surface area (Å²) in [5, 5.41) is 37.8. The van der Waals surface area contributed by atoms with E-state index in [9.17, 15) is 33.6 Å². The molecule has 0 unspecified atom stereocenters. The molecule has 0 spiro atoms. The highest BCUT2D eigenvalue weighted by atomic mass is 35.5. The Morgan fingerprint density at radius 1 is 0.388 bits per heavy atom. The number of carbonyl (C=O) groups is 7. The zero-order valence-electron chi connectivity index (χ0n) is 79.4. The number of aromatic nitrogens is 15. The second-order valence-corrected chi connectivity index (χ2v) is 34.8. The fourth-order valence-electron chi connectivity index (χ4n) is 13.5. The number of thiophene rings is 3. The van der Waals surface area contributed by atoms with E-state index < -0.39 is 0 Å². The van der Waals surface area contributed by atoms with Crippen LogP contribution in [0.2, 0.25) is 5.02 Å². The minimum Gasteiger partial charge on any atom is -0.497 e. The molecule has 0 amide bonds. The van der Waals surface area contributed by atoms with Crippen molar-refractivity contribution in [2.75, 3.05) is 65.2 Å². The fraction of sp³-hybridized carbons (Fsp3) is 0.136. The van der Waals surface area contributed by atoms with Crippen molar-refractivity contribution in [3.8, 4) is 5.75 Å². The number of hydrogen-bond acceptors (Lipinski definition) is 29. The Hall–Kier alpha value is -17.5. The van der Waals surface area contributed by atoms with Gasteiger partial charge in [-0.3, -0.25) is 33.6 Å². The number of anilines is 1. The SMILES string of the molecule is COCCOCC(=O)n1ccc(/C=C/c2cccs2)n1.COc1ccc(CC(=O)n2ccc(/C=C/c3ccco3)n2)cc1.O=C(C1CCC1)n1ccc(/C=C/c2ccco2)n1.O=C(Cc1ccc(Cl)cc1)n1ccc(/C=C/c2ccco2)n1.O=C(c1ccc(N2CCOCC2)nc1)n1ccc(/C=C/c2ccco2)n1.O=C(c1cccs1)n1ccc(/C=C/c2ccco2)n1.O=C(c1ccsc1)n1ccc(/C=C/c2ccco2)n1. The summed E-state index contributed by atoms with van der Waals surface area (Å²) in [6, 6.07) is 62.2. The Kier molecular flexibility index (Phi) is 38.6. The molecule has 0 N–H and O–H groups in total. The summed E-state index contributed by atoms with van der Waals surface area (Å²) in [4.78, 5) is 93.1. The smallest absolute Gasteiger partial charge is 0.288 e. The fourth-order valence-corrected chi connectivity index (χ4v) is 15.5. The maximum atomic E-state index is 12.6. The average molecular weight is 2050 g/mol. The van der Waals surface area contributed by atoms with E-state index in [0.29, 0.717) is 75.9 Å². The number of morpholine rings is 1. The number of pyridine rings is 1. The first kappa shape index (κ1) is 104. The lowest BCUT2D eigenvalue weighted by Gasteiger charge is -2.27. The number of methoxy groups -OCH3 is 2. The summed E-state index contributed by atoms with van der Waals surface area (Å²) in [5.41, 5.74) is 7.94. The van der Waals surface area contributed by atoms with Crippen LogP contribution in [0.15, 0.2) is 341 Å². The van der Waals surface area contributed by atoms with E-state index in [0.717, 1.165) is 106 Å². The van der Waals surface area contributed by atoms with Crippen molar-refractivity contribution in [2.45, 2.75) is 32.1 Å². The highest BCUT2D eigenvalue weighted by Crippen LogP contribution is 2.29. The molecule has 17 aromatic heterocycles. The minimum absolute atomic E-state index is 0.000874. The number of benzene rings is 2. The predicted octanol–water partition coefficient (Wildman–Crippen LogP) is 22.6. The molecule has 2 aromatic carbocycles. The maximum absolute atomic E-state index is 12.6. The van der Waals surface area contributed by atoms with Crippen LogP contribution >= 0.6 is 45.6 Å². The van der Waals surface area contributed by atoms with Gasteiger partial charge in [0.1, 0.15) is 52.7 Å². The molecule has 19 aromatic rings. The van der Waals surface area contributed by atoms with Crippen molar-refractivity contribution in [1.29, 1.82) is 0 Å². The van der Waals surface area contributed by atoms with Gasteiger partial charge in [0.05, 0.1) is 140 Å². The van der Waals surface area contributed by atoms with Crippen molar-refractivity contribution in [2.24, 2.45) is 5.92 Å². The second kappa shape index (κ2) is 54.6. The van der Waals surface area contributed by atoms with Gasteiger partial charge in [0, 0.05) is 91.0 Å². The summed E-state index contributed by atoms with van der Waals surface area (Å²) in [6.45, 7) is 3.89. The van der Waals surface area contributed by atoms with Crippen LogP contribution in [0.5, 0.6) is 5.75 Å². The Morgan fingerprint density at radius 3 is 1.17 bits per heavy atom. The lowest BCUT2D eigenvalue weighted by Crippen LogP contribution is -2.36. The number of nitrogens with zero attached hydrogens (tertiary/aromatic N) is 16. The summed E-state index contributed by atoms with van der Waals surface area (Å²) in [7, 11) is 3.20. The number of carbonyl (C=O) groups excluding carboxylic acids is 7. The van der Waals surface area contributed by atoms with E-state index in [1.165, 1.54) is 55.4 Å². The topological polar surface area (TPSA) is 376 Å². The maximum Gasteiger partial charge on any atom is 0.288 e. The molecule has 1 saturated carbocycles. The van der Waals surface area contributed by atoms with Crippen molar-refractivity contribution in [3.05, 3.63) is 426 Å². The summed E-state index contributed by atoms with van der Waals surface area (Å²) in [5.74, 6) is 5.54. The largest absolute Gasteiger partial charge is 0.497 e. The van der Waals surface area contributed by atoms with E-state index >= 15 is 0 Å². The number of halogens is 1. The van der Waals surface area contributed by atoms with Gasteiger partial charge in [-0.1, -0.05) is 54.4 Å². The lowest BCUT2D eigenvalue weighted by molar-refractivity contribution is 0.0503. The van der Waals surface area contributed by atoms with Crippen LogP contribution in [0.3, 0.4) is 0 Å². The van der Waals surface area contributed by atoms with Crippen LogP contribution in [0, 0.1) is 5.92 Å². The molecule has 2 aliphatic rings. The van der Waals surface area contributed by atoms with Gasteiger partial charge in [-0.05, 0) is 295 Å². The molecule has 18 heterocycles. The number of furan rings is 6. The van der Waals surface area contributed by atoms with E-state index in [-0.39, 0.29) is 66.7 Å². The van der Waals surface area contributed by atoms with Crippen molar-refractivity contribution in [3.63, 3.8) is 0 Å². The monoisotopic (exact) mass is 2040 g/mol. The molecule has 1 aliphatic carbocycles. The van der Waals surface area contributed by atoms with Gasteiger partial charge in [-0.25, -0.2) is 37.8 Å². The molecule has 1 saturated heterocycles. The predicted molar refractivity (Wildman–Crippen MR) is 564 cm³/mol. The molecule has 37 heteroatoms. The van der Waals surface area contributed by atoms with Crippen molar-refractivity contribution in [1.82, 2.24) is 73.4 Å². The first-order valence-corrected chi connectivity index (χ1v) is 49.1.